The molecule has 80 valence electrons. The van der Waals surface area contributed by atoms with Crippen LogP contribution in [0.15, 0.2) is 29.4 Å². The molecule has 0 aliphatic heterocycles. The second-order valence-electron chi connectivity index (χ2n) is 3.39. The standard InChI is InChI=1S/C12H16N2O/c1-3-12(15)14-13-9-8-11-6-4-10(2)5-7-11/h4-7,9H,3,8H2,1-2H3,(H,14,15)/b13-9+. The molecule has 0 atom stereocenters. The van der Waals surface area contributed by atoms with Crippen molar-refractivity contribution in [1.29, 1.82) is 0 Å². The first-order chi connectivity index (χ1) is 7.22. The summed E-state index contributed by atoms with van der Waals surface area (Å²) in [5, 5.41) is 3.84. The molecular formula is C12H16N2O. The SMILES string of the molecule is CCC(=O)N/N=C/Cc1ccc(C)cc1. The molecule has 1 rings (SSSR count). The predicted octanol–water partition coefficient (Wildman–Crippen LogP) is 2.05. The average molecular weight is 204 g/mol. The molecule has 15 heavy (non-hydrogen) atoms. The molecule has 1 amide bonds. The highest BCUT2D eigenvalue weighted by Crippen LogP contribution is 2.02. The van der Waals surface area contributed by atoms with Crippen LogP contribution in [0.1, 0.15) is 24.5 Å². The lowest BCUT2D eigenvalue weighted by molar-refractivity contribution is -0.120. The van der Waals surface area contributed by atoms with Crippen molar-refractivity contribution < 1.29 is 4.79 Å². The van der Waals surface area contributed by atoms with E-state index in [2.05, 4.69) is 41.7 Å². The van der Waals surface area contributed by atoms with Crippen LogP contribution in [0, 0.1) is 6.92 Å². The summed E-state index contributed by atoms with van der Waals surface area (Å²) >= 11 is 0. The molecule has 0 saturated heterocycles. The van der Waals surface area contributed by atoms with Crippen LogP contribution >= 0.6 is 0 Å². The third-order valence-electron chi connectivity index (χ3n) is 2.05. The number of hydrogen-bond donors (Lipinski definition) is 1. The number of hydrazone groups is 1. The van der Waals surface area contributed by atoms with E-state index < -0.39 is 0 Å². The molecule has 0 saturated carbocycles. The van der Waals surface area contributed by atoms with Crippen molar-refractivity contribution in [2.45, 2.75) is 26.7 Å². The third kappa shape index (κ3) is 4.40. The molecule has 1 aromatic carbocycles. The van der Waals surface area contributed by atoms with E-state index in [1.165, 1.54) is 11.1 Å². The highest BCUT2D eigenvalue weighted by atomic mass is 16.2. The Balaban J connectivity index is 2.37. The molecule has 3 nitrogen and oxygen atoms in total. The monoisotopic (exact) mass is 204 g/mol. The van der Waals surface area contributed by atoms with E-state index in [0.29, 0.717) is 6.42 Å². The zero-order valence-corrected chi connectivity index (χ0v) is 9.16. The summed E-state index contributed by atoms with van der Waals surface area (Å²) in [5.74, 6) is -0.0600. The second-order valence-corrected chi connectivity index (χ2v) is 3.39. The van der Waals surface area contributed by atoms with Gasteiger partial charge in [0.1, 0.15) is 0 Å². The third-order valence-corrected chi connectivity index (χ3v) is 2.05. The number of hydrogen-bond acceptors (Lipinski definition) is 2. The molecule has 0 spiro atoms. The first-order valence-electron chi connectivity index (χ1n) is 5.08. The van der Waals surface area contributed by atoms with Gasteiger partial charge in [-0.3, -0.25) is 4.79 Å². The van der Waals surface area contributed by atoms with Crippen LogP contribution in [0.4, 0.5) is 0 Å². The van der Waals surface area contributed by atoms with Crippen LogP contribution in [0.5, 0.6) is 0 Å². The number of amides is 1. The van der Waals surface area contributed by atoms with Crippen LogP contribution in [0.25, 0.3) is 0 Å². The van der Waals surface area contributed by atoms with Gasteiger partial charge in [-0.15, -0.1) is 0 Å². The summed E-state index contributed by atoms with van der Waals surface area (Å²) in [5.41, 5.74) is 4.88. The molecule has 0 radical (unpaired) electrons. The summed E-state index contributed by atoms with van der Waals surface area (Å²) < 4.78 is 0. The molecule has 0 aliphatic carbocycles. The topological polar surface area (TPSA) is 41.5 Å². The van der Waals surface area contributed by atoms with Crippen LogP contribution in [0.3, 0.4) is 0 Å². The van der Waals surface area contributed by atoms with Gasteiger partial charge in [-0.2, -0.15) is 5.10 Å². The smallest absolute Gasteiger partial charge is 0.239 e. The van der Waals surface area contributed by atoms with Gasteiger partial charge in [0.2, 0.25) is 5.91 Å². The summed E-state index contributed by atoms with van der Waals surface area (Å²) in [6, 6.07) is 8.24. The van der Waals surface area contributed by atoms with Gasteiger partial charge in [0, 0.05) is 19.1 Å². The van der Waals surface area contributed by atoms with Gasteiger partial charge in [0.25, 0.3) is 0 Å². The van der Waals surface area contributed by atoms with Crippen molar-refractivity contribution in [2.75, 3.05) is 0 Å². The molecule has 0 aliphatic rings. The minimum Gasteiger partial charge on any atom is -0.273 e. The Morgan fingerprint density at radius 1 is 1.40 bits per heavy atom. The van der Waals surface area contributed by atoms with E-state index in [1.54, 1.807) is 13.1 Å². The molecule has 3 heteroatoms. The summed E-state index contributed by atoms with van der Waals surface area (Å²) in [7, 11) is 0. The number of rotatable bonds is 4. The van der Waals surface area contributed by atoms with E-state index in [-0.39, 0.29) is 5.91 Å². The van der Waals surface area contributed by atoms with Gasteiger partial charge in [-0.25, -0.2) is 5.43 Å². The van der Waals surface area contributed by atoms with Crippen LogP contribution in [-0.4, -0.2) is 12.1 Å². The zero-order valence-electron chi connectivity index (χ0n) is 9.16. The molecule has 1 aromatic rings. The predicted molar refractivity (Wildman–Crippen MR) is 61.8 cm³/mol. The van der Waals surface area contributed by atoms with Crippen LogP contribution in [-0.2, 0) is 11.2 Å². The summed E-state index contributed by atoms with van der Waals surface area (Å²) in [6.45, 7) is 3.85. The summed E-state index contributed by atoms with van der Waals surface area (Å²) in [4.78, 5) is 10.8. The number of nitrogens with zero attached hydrogens (tertiary/aromatic N) is 1. The minimum atomic E-state index is -0.0600. The van der Waals surface area contributed by atoms with Crippen molar-refractivity contribution in [3.8, 4) is 0 Å². The van der Waals surface area contributed by atoms with Gasteiger partial charge in [0.05, 0.1) is 0 Å². The maximum absolute atomic E-state index is 10.8. The van der Waals surface area contributed by atoms with E-state index in [0.717, 1.165) is 6.42 Å². The number of carbonyl (C=O) groups is 1. The van der Waals surface area contributed by atoms with Gasteiger partial charge in [-0.05, 0) is 12.5 Å². The molecular weight excluding hydrogens is 188 g/mol. The highest BCUT2D eigenvalue weighted by molar-refractivity contribution is 5.76. The Kier molecular flexibility index (Phi) is 4.54. The second kappa shape index (κ2) is 5.96. The van der Waals surface area contributed by atoms with Crippen LogP contribution in [0.2, 0.25) is 0 Å². The molecule has 0 fully saturated rings. The Hall–Kier alpha value is -1.64. The van der Waals surface area contributed by atoms with Crippen molar-refractivity contribution in [1.82, 2.24) is 5.43 Å². The lowest BCUT2D eigenvalue weighted by Gasteiger charge is -1.97. The maximum atomic E-state index is 10.8. The molecule has 1 N–H and O–H groups in total. The minimum absolute atomic E-state index is 0.0600. The number of carbonyl (C=O) groups excluding carboxylic acids is 1. The Bertz CT molecular complexity index is 341. The van der Waals surface area contributed by atoms with E-state index in [1.807, 2.05) is 0 Å². The summed E-state index contributed by atoms with van der Waals surface area (Å²) in [6.07, 6.45) is 2.91. The average Bonchev–Trinajstić information content (AvgIpc) is 2.26. The lowest BCUT2D eigenvalue weighted by Crippen LogP contribution is -2.15. The van der Waals surface area contributed by atoms with Gasteiger partial charge >= 0.3 is 0 Å². The lowest BCUT2D eigenvalue weighted by atomic mass is 10.1. The zero-order chi connectivity index (χ0) is 11.1. The maximum Gasteiger partial charge on any atom is 0.239 e. The number of benzene rings is 1. The normalized spacial score (nSPS) is 10.5. The van der Waals surface area contributed by atoms with Crippen molar-refractivity contribution in [3.05, 3.63) is 35.4 Å². The van der Waals surface area contributed by atoms with Gasteiger partial charge in [0.15, 0.2) is 0 Å². The van der Waals surface area contributed by atoms with E-state index in [9.17, 15) is 4.79 Å². The van der Waals surface area contributed by atoms with Gasteiger partial charge < -0.3 is 0 Å². The fourth-order valence-corrected chi connectivity index (χ4v) is 1.07. The Morgan fingerprint density at radius 2 is 2.07 bits per heavy atom. The quantitative estimate of drug-likeness (QED) is 0.592. The van der Waals surface area contributed by atoms with Crippen molar-refractivity contribution in [2.24, 2.45) is 5.10 Å². The molecule has 0 aromatic heterocycles. The first kappa shape index (κ1) is 11.4. The molecule has 0 unspecified atom stereocenters. The fourth-order valence-electron chi connectivity index (χ4n) is 1.07. The van der Waals surface area contributed by atoms with Gasteiger partial charge in [-0.1, -0.05) is 36.8 Å². The first-order valence-corrected chi connectivity index (χ1v) is 5.08. The van der Waals surface area contributed by atoms with E-state index >= 15 is 0 Å². The number of nitrogens with one attached hydrogen (secondary N) is 1. The Morgan fingerprint density at radius 3 is 2.67 bits per heavy atom. The number of aryl methyl sites for hydroxylation is 1. The molecule has 0 bridgehead atoms. The fraction of sp³-hybridized carbons (Fsp3) is 0.333. The Labute approximate surface area is 90.2 Å². The highest BCUT2D eigenvalue weighted by Gasteiger charge is 1.92. The molecule has 0 heterocycles. The van der Waals surface area contributed by atoms with Crippen LogP contribution < -0.4 is 5.43 Å². The van der Waals surface area contributed by atoms with Crippen molar-refractivity contribution >= 4 is 12.1 Å². The van der Waals surface area contributed by atoms with E-state index in [4.69, 9.17) is 0 Å². The largest absolute Gasteiger partial charge is 0.273 e. The van der Waals surface area contributed by atoms with Crippen molar-refractivity contribution in [3.63, 3.8) is 0 Å².